The maximum atomic E-state index is 13.6. The van der Waals surface area contributed by atoms with Gasteiger partial charge in [-0.15, -0.1) is 0 Å². The van der Waals surface area contributed by atoms with Crippen LogP contribution in [0.25, 0.3) is 0 Å². The lowest BCUT2D eigenvalue weighted by molar-refractivity contribution is -0.137. The topological polar surface area (TPSA) is 67.6 Å². The molecule has 2 aromatic rings. The predicted molar refractivity (Wildman–Crippen MR) is 98.0 cm³/mol. The van der Waals surface area contributed by atoms with Crippen molar-refractivity contribution in [3.05, 3.63) is 53.1 Å². The number of carbonyl (C=O) groups is 1. The van der Waals surface area contributed by atoms with Crippen molar-refractivity contribution in [3.63, 3.8) is 0 Å². The second kappa shape index (κ2) is 7.48. The minimum Gasteiger partial charge on any atom is -0.398 e. The highest BCUT2D eigenvalue weighted by molar-refractivity contribution is 6.06. The van der Waals surface area contributed by atoms with E-state index in [2.05, 4.69) is 5.32 Å². The van der Waals surface area contributed by atoms with Crippen LogP contribution in [0.5, 0.6) is 0 Å². The Hall–Kier alpha value is -2.74. The van der Waals surface area contributed by atoms with E-state index in [1.54, 1.807) is 24.0 Å². The van der Waals surface area contributed by atoms with Crippen LogP contribution in [-0.2, 0) is 10.9 Å². The zero-order valence-electron chi connectivity index (χ0n) is 14.8. The molecule has 1 saturated heterocycles. The van der Waals surface area contributed by atoms with Gasteiger partial charge in [-0.25, -0.2) is 0 Å². The van der Waals surface area contributed by atoms with Crippen LogP contribution in [0.2, 0.25) is 0 Å². The maximum Gasteiger partial charge on any atom is 0.417 e. The molecule has 0 aromatic heterocycles. The molecule has 0 radical (unpaired) electrons. The third kappa shape index (κ3) is 4.33. The average Bonchev–Trinajstić information content (AvgIpc) is 2.64. The van der Waals surface area contributed by atoms with E-state index < -0.39 is 23.2 Å². The fraction of sp³-hybridized carbons (Fsp3) is 0.316. The Morgan fingerprint density at radius 3 is 2.48 bits per heavy atom. The first-order valence-corrected chi connectivity index (χ1v) is 8.47. The van der Waals surface area contributed by atoms with E-state index in [0.717, 1.165) is 11.6 Å². The lowest BCUT2D eigenvalue weighted by atomic mass is 10.0. The molecular formula is C19H20F3N3O2. The Morgan fingerprint density at radius 2 is 1.85 bits per heavy atom. The van der Waals surface area contributed by atoms with Crippen molar-refractivity contribution in [2.45, 2.75) is 13.1 Å². The lowest BCUT2D eigenvalue weighted by Gasteiger charge is -2.29. The van der Waals surface area contributed by atoms with Crippen LogP contribution in [0.4, 0.5) is 30.2 Å². The predicted octanol–water partition coefficient (Wildman–Crippen LogP) is 3.68. The number of amides is 1. The first-order chi connectivity index (χ1) is 12.8. The van der Waals surface area contributed by atoms with Gasteiger partial charge < -0.3 is 20.7 Å². The number of aryl methyl sites for hydroxylation is 1. The van der Waals surface area contributed by atoms with E-state index in [4.69, 9.17) is 10.5 Å². The van der Waals surface area contributed by atoms with Gasteiger partial charge in [0.1, 0.15) is 0 Å². The van der Waals surface area contributed by atoms with Crippen molar-refractivity contribution in [2.75, 3.05) is 42.3 Å². The largest absolute Gasteiger partial charge is 0.417 e. The van der Waals surface area contributed by atoms with Gasteiger partial charge in [0.2, 0.25) is 0 Å². The highest BCUT2D eigenvalue weighted by atomic mass is 19.4. The molecule has 1 aliphatic heterocycles. The number of alkyl halides is 3. The summed E-state index contributed by atoms with van der Waals surface area (Å²) in [6.45, 7) is 3.72. The molecule has 1 heterocycles. The molecule has 1 aliphatic rings. The normalized spacial score (nSPS) is 14.9. The van der Waals surface area contributed by atoms with Crippen LogP contribution in [0, 0.1) is 6.92 Å². The fourth-order valence-electron chi connectivity index (χ4n) is 2.90. The minimum absolute atomic E-state index is 0.341. The number of rotatable bonds is 3. The van der Waals surface area contributed by atoms with E-state index in [1.807, 2.05) is 0 Å². The molecule has 144 valence electrons. The first-order valence-electron chi connectivity index (χ1n) is 8.47. The van der Waals surface area contributed by atoms with Crippen LogP contribution >= 0.6 is 0 Å². The molecule has 0 spiro atoms. The van der Waals surface area contributed by atoms with Gasteiger partial charge in [-0.3, -0.25) is 4.79 Å². The minimum atomic E-state index is -4.65. The number of nitrogens with two attached hydrogens (primary N) is 1. The second-order valence-corrected chi connectivity index (χ2v) is 6.35. The number of ether oxygens (including phenoxy) is 1. The highest BCUT2D eigenvalue weighted by Gasteiger charge is 2.36. The van der Waals surface area contributed by atoms with Gasteiger partial charge in [0.05, 0.1) is 24.3 Å². The molecule has 0 saturated carbocycles. The van der Waals surface area contributed by atoms with Crippen molar-refractivity contribution in [2.24, 2.45) is 0 Å². The van der Waals surface area contributed by atoms with Gasteiger partial charge in [0, 0.05) is 30.2 Å². The average molecular weight is 379 g/mol. The van der Waals surface area contributed by atoms with E-state index in [9.17, 15) is 18.0 Å². The summed E-state index contributed by atoms with van der Waals surface area (Å²) in [7, 11) is 0. The second-order valence-electron chi connectivity index (χ2n) is 6.35. The van der Waals surface area contributed by atoms with E-state index >= 15 is 0 Å². The van der Waals surface area contributed by atoms with Crippen molar-refractivity contribution >= 4 is 23.0 Å². The van der Waals surface area contributed by atoms with Gasteiger partial charge in [-0.2, -0.15) is 13.2 Å². The van der Waals surface area contributed by atoms with Crippen LogP contribution in [0.15, 0.2) is 36.4 Å². The summed E-state index contributed by atoms with van der Waals surface area (Å²) < 4.78 is 45.9. The smallest absolute Gasteiger partial charge is 0.398 e. The highest BCUT2D eigenvalue weighted by Crippen LogP contribution is 2.35. The van der Waals surface area contributed by atoms with Crippen LogP contribution in [0.1, 0.15) is 21.5 Å². The number of benzene rings is 2. The van der Waals surface area contributed by atoms with E-state index in [0.29, 0.717) is 43.4 Å². The number of halogens is 3. The molecule has 2 aromatic carbocycles. The number of nitrogens with one attached hydrogen (secondary N) is 1. The van der Waals surface area contributed by atoms with Crippen LogP contribution in [-0.4, -0.2) is 32.2 Å². The third-order valence-corrected chi connectivity index (χ3v) is 4.47. The van der Waals surface area contributed by atoms with Gasteiger partial charge >= 0.3 is 6.18 Å². The van der Waals surface area contributed by atoms with Gasteiger partial charge in [-0.05, 0) is 42.8 Å². The zero-order chi connectivity index (χ0) is 19.6. The van der Waals surface area contributed by atoms with Crippen molar-refractivity contribution in [1.82, 2.24) is 0 Å². The third-order valence-electron chi connectivity index (χ3n) is 4.47. The Labute approximate surface area is 154 Å². The summed E-state index contributed by atoms with van der Waals surface area (Å²) in [5.41, 5.74) is 6.42. The number of nitrogens with zero attached hydrogens (tertiary/aromatic N) is 1. The Balaban J connectivity index is 1.90. The van der Waals surface area contributed by atoms with E-state index in [1.165, 1.54) is 18.2 Å². The molecule has 3 N–H and O–H groups in total. The number of carbonyl (C=O) groups excluding carboxylic acids is 1. The summed E-state index contributed by atoms with van der Waals surface area (Å²) in [5.74, 6) is -0.834. The summed E-state index contributed by atoms with van der Waals surface area (Å²) in [4.78, 5) is 14.3. The summed E-state index contributed by atoms with van der Waals surface area (Å²) >= 11 is 0. The zero-order valence-corrected chi connectivity index (χ0v) is 14.8. The number of anilines is 3. The summed E-state index contributed by atoms with van der Waals surface area (Å²) in [5, 5.41) is 2.49. The molecule has 8 heteroatoms. The van der Waals surface area contributed by atoms with E-state index in [-0.39, 0.29) is 0 Å². The molecular weight excluding hydrogens is 359 g/mol. The Bertz CT molecular complexity index is 847. The van der Waals surface area contributed by atoms with Gasteiger partial charge in [0.25, 0.3) is 5.91 Å². The molecule has 1 amide bonds. The molecule has 27 heavy (non-hydrogen) atoms. The summed E-state index contributed by atoms with van der Waals surface area (Å²) in [6.07, 6.45) is -4.65. The standard InChI is InChI=1S/C19H20F3N3O2/c1-12-2-3-13(10-17(12)23)24-18(26)15-5-4-14(11-16(15)19(20,21)22)25-6-8-27-9-7-25/h2-5,10-11H,6-9,23H2,1H3,(H,24,26). The molecule has 5 nitrogen and oxygen atoms in total. The summed E-state index contributed by atoms with van der Waals surface area (Å²) in [6, 6.07) is 8.56. The van der Waals surface area contributed by atoms with Crippen molar-refractivity contribution < 1.29 is 22.7 Å². The quantitative estimate of drug-likeness (QED) is 0.799. The van der Waals surface area contributed by atoms with Crippen molar-refractivity contribution in [1.29, 1.82) is 0 Å². The monoisotopic (exact) mass is 379 g/mol. The molecule has 0 bridgehead atoms. The number of hydrogen-bond acceptors (Lipinski definition) is 4. The number of nitrogen functional groups attached to an aromatic ring is 1. The maximum absolute atomic E-state index is 13.6. The van der Waals surface area contributed by atoms with Crippen LogP contribution in [0.3, 0.4) is 0 Å². The number of hydrogen-bond donors (Lipinski definition) is 2. The van der Waals surface area contributed by atoms with Gasteiger partial charge in [-0.1, -0.05) is 6.07 Å². The fourth-order valence-corrected chi connectivity index (χ4v) is 2.90. The first kappa shape index (κ1) is 19.0. The SMILES string of the molecule is Cc1ccc(NC(=O)c2ccc(N3CCOCC3)cc2C(F)(F)F)cc1N. The molecule has 1 fully saturated rings. The molecule has 3 rings (SSSR count). The number of morpholine rings is 1. The Morgan fingerprint density at radius 1 is 1.15 bits per heavy atom. The lowest BCUT2D eigenvalue weighted by Crippen LogP contribution is -2.36. The van der Waals surface area contributed by atoms with Crippen molar-refractivity contribution in [3.8, 4) is 0 Å². The molecule has 0 aliphatic carbocycles. The van der Waals surface area contributed by atoms with Crippen LogP contribution < -0.4 is 16.0 Å². The molecule has 0 atom stereocenters. The molecule has 0 unspecified atom stereocenters. The van der Waals surface area contributed by atoms with Gasteiger partial charge in [0.15, 0.2) is 0 Å². The Kier molecular flexibility index (Phi) is 5.27.